The van der Waals surface area contributed by atoms with Crippen LogP contribution in [0.1, 0.15) is 11.1 Å². The summed E-state index contributed by atoms with van der Waals surface area (Å²) in [6, 6.07) is 8.23. The van der Waals surface area contributed by atoms with Crippen molar-refractivity contribution in [2.45, 2.75) is 6.42 Å². The van der Waals surface area contributed by atoms with Crippen molar-refractivity contribution in [2.24, 2.45) is 0 Å². The molecular formula is C11H9Cl. The zero-order valence-electron chi connectivity index (χ0n) is 6.63. The Hall–Kier alpha value is -1.01. The van der Waals surface area contributed by atoms with Crippen LogP contribution in [0.3, 0.4) is 0 Å². The summed E-state index contributed by atoms with van der Waals surface area (Å²) in [5, 5.41) is 0.833. The molecule has 2 rings (SSSR count). The molecule has 1 heteroatoms. The highest BCUT2D eigenvalue weighted by Crippen LogP contribution is 2.25. The number of hydrogen-bond donors (Lipinski definition) is 0. The minimum absolute atomic E-state index is 0.833. The minimum Gasteiger partial charge on any atom is -0.0837 e. The highest BCUT2D eigenvalue weighted by atomic mass is 35.5. The van der Waals surface area contributed by atoms with Crippen molar-refractivity contribution >= 4 is 16.6 Å². The van der Waals surface area contributed by atoms with Gasteiger partial charge in [-0.25, -0.2) is 0 Å². The van der Waals surface area contributed by atoms with Crippen LogP contribution in [-0.4, -0.2) is 0 Å². The Bertz CT molecular complexity index is 348. The molecule has 1 aromatic rings. The molecule has 0 heterocycles. The number of halogens is 1. The summed E-state index contributed by atoms with van der Waals surface area (Å²) in [7, 11) is 0. The van der Waals surface area contributed by atoms with Crippen molar-refractivity contribution in [3.8, 4) is 0 Å². The lowest BCUT2D eigenvalue weighted by Gasteiger charge is -2.03. The Labute approximate surface area is 77.2 Å². The molecule has 0 saturated heterocycles. The molecule has 0 nitrogen and oxygen atoms in total. The van der Waals surface area contributed by atoms with E-state index >= 15 is 0 Å². The second kappa shape index (κ2) is 3.16. The molecule has 0 bridgehead atoms. The van der Waals surface area contributed by atoms with Gasteiger partial charge in [0, 0.05) is 5.03 Å². The van der Waals surface area contributed by atoms with Crippen molar-refractivity contribution in [2.75, 3.05) is 0 Å². The van der Waals surface area contributed by atoms with Gasteiger partial charge in [0.2, 0.25) is 0 Å². The second-order valence-electron chi connectivity index (χ2n) is 2.80. The van der Waals surface area contributed by atoms with Gasteiger partial charge in [0.25, 0.3) is 0 Å². The van der Waals surface area contributed by atoms with E-state index in [0.717, 1.165) is 17.0 Å². The predicted octanol–water partition coefficient (Wildman–Crippen LogP) is 3.38. The maximum Gasteiger partial charge on any atom is 0.0481 e. The monoisotopic (exact) mass is 176 g/mol. The quantitative estimate of drug-likeness (QED) is 0.569. The van der Waals surface area contributed by atoms with Gasteiger partial charge >= 0.3 is 0 Å². The molecule has 0 amide bonds. The van der Waals surface area contributed by atoms with Gasteiger partial charge in [0.1, 0.15) is 0 Å². The Kier molecular flexibility index (Phi) is 2.01. The minimum atomic E-state index is 0.833. The molecule has 0 unspecified atom stereocenters. The largest absolute Gasteiger partial charge is 0.0837 e. The molecule has 0 N–H and O–H groups in total. The van der Waals surface area contributed by atoms with E-state index in [2.05, 4.69) is 18.2 Å². The molecule has 0 aromatic heterocycles. The van der Waals surface area contributed by atoms with Crippen LogP contribution in [0.15, 0.2) is 42.5 Å². The van der Waals surface area contributed by atoms with Gasteiger partial charge in [0.05, 0.1) is 0 Å². The fraction of sp³-hybridized carbons (Fsp3) is 0.0909. The van der Waals surface area contributed by atoms with Crippen LogP contribution in [0.5, 0.6) is 0 Å². The highest BCUT2D eigenvalue weighted by molar-refractivity contribution is 6.49. The molecule has 1 aliphatic rings. The lowest BCUT2D eigenvalue weighted by molar-refractivity contribution is 1.26. The molecular weight excluding hydrogens is 168 g/mol. The molecule has 0 radical (unpaired) electrons. The van der Waals surface area contributed by atoms with Gasteiger partial charge < -0.3 is 0 Å². The van der Waals surface area contributed by atoms with Crippen molar-refractivity contribution in [1.82, 2.24) is 0 Å². The van der Waals surface area contributed by atoms with Crippen LogP contribution in [-0.2, 0) is 6.42 Å². The van der Waals surface area contributed by atoms with Crippen LogP contribution >= 0.6 is 11.6 Å². The molecule has 12 heavy (non-hydrogen) atoms. The highest BCUT2D eigenvalue weighted by Gasteiger charge is 2.04. The number of benzene rings is 1. The maximum atomic E-state index is 6.06. The van der Waals surface area contributed by atoms with Gasteiger partial charge in [-0.1, -0.05) is 48.0 Å². The summed E-state index contributed by atoms with van der Waals surface area (Å²) in [4.78, 5) is 0. The van der Waals surface area contributed by atoms with Gasteiger partial charge in [0.15, 0.2) is 0 Å². The van der Waals surface area contributed by atoms with Gasteiger partial charge in [-0.15, -0.1) is 0 Å². The summed E-state index contributed by atoms with van der Waals surface area (Å²) in [6.45, 7) is 0. The zero-order valence-corrected chi connectivity index (χ0v) is 7.38. The molecule has 60 valence electrons. The van der Waals surface area contributed by atoms with Gasteiger partial charge in [-0.2, -0.15) is 0 Å². The van der Waals surface area contributed by atoms with E-state index in [1.54, 1.807) is 0 Å². The van der Waals surface area contributed by atoms with E-state index in [4.69, 9.17) is 11.6 Å². The average molecular weight is 177 g/mol. The summed E-state index contributed by atoms with van der Waals surface area (Å²) >= 11 is 6.06. The van der Waals surface area contributed by atoms with Crippen molar-refractivity contribution in [3.63, 3.8) is 0 Å². The second-order valence-corrected chi connectivity index (χ2v) is 3.21. The average Bonchev–Trinajstić information content (AvgIpc) is 2.29. The standard InChI is InChI=1S/C11H9Cl/c12-11-8-4-2-6-9-5-1-3-7-10(9)11/h1-5,7-8H,6H2. The SMILES string of the molecule is ClC1=CC=CCc2ccccc21. The zero-order chi connectivity index (χ0) is 8.39. The number of hydrogen-bond acceptors (Lipinski definition) is 0. The van der Waals surface area contributed by atoms with E-state index in [1.807, 2.05) is 24.3 Å². The van der Waals surface area contributed by atoms with E-state index in [9.17, 15) is 0 Å². The third-order valence-electron chi connectivity index (χ3n) is 1.99. The van der Waals surface area contributed by atoms with Crippen molar-refractivity contribution in [1.29, 1.82) is 0 Å². The fourth-order valence-electron chi connectivity index (χ4n) is 1.37. The van der Waals surface area contributed by atoms with E-state index in [1.165, 1.54) is 5.56 Å². The van der Waals surface area contributed by atoms with E-state index in [0.29, 0.717) is 0 Å². The first-order valence-corrected chi connectivity index (χ1v) is 4.36. The van der Waals surface area contributed by atoms with Gasteiger partial charge in [-0.05, 0) is 23.6 Å². The van der Waals surface area contributed by atoms with Crippen LogP contribution in [0.25, 0.3) is 5.03 Å². The molecule has 0 fully saturated rings. The smallest absolute Gasteiger partial charge is 0.0481 e. The van der Waals surface area contributed by atoms with Crippen molar-refractivity contribution < 1.29 is 0 Å². The first kappa shape index (κ1) is 7.63. The summed E-state index contributed by atoms with van der Waals surface area (Å²) in [6.07, 6.45) is 7.03. The Balaban J connectivity index is 2.58. The number of rotatable bonds is 0. The normalized spacial score (nSPS) is 14.9. The van der Waals surface area contributed by atoms with Crippen LogP contribution < -0.4 is 0 Å². The molecule has 1 aromatic carbocycles. The third kappa shape index (κ3) is 1.30. The number of fused-ring (bicyclic) bond motifs is 1. The van der Waals surface area contributed by atoms with E-state index in [-0.39, 0.29) is 0 Å². The number of allylic oxidation sites excluding steroid dienone is 3. The Morgan fingerprint density at radius 2 is 2.00 bits per heavy atom. The van der Waals surface area contributed by atoms with Crippen molar-refractivity contribution in [3.05, 3.63) is 53.6 Å². The fourth-order valence-corrected chi connectivity index (χ4v) is 1.63. The topological polar surface area (TPSA) is 0 Å². The molecule has 1 aliphatic carbocycles. The molecule has 0 spiro atoms. The molecule has 0 aliphatic heterocycles. The lowest BCUT2D eigenvalue weighted by Crippen LogP contribution is -1.86. The molecule has 0 saturated carbocycles. The van der Waals surface area contributed by atoms with Crippen LogP contribution in [0.4, 0.5) is 0 Å². The Morgan fingerprint density at radius 3 is 2.92 bits per heavy atom. The van der Waals surface area contributed by atoms with E-state index < -0.39 is 0 Å². The first-order valence-electron chi connectivity index (χ1n) is 3.98. The predicted molar refractivity (Wildman–Crippen MR) is 53.1 cm³/mol. The summed E-state index contributed by atoms with van der Waals surface area (Å²) in [5.41, 5.74) is 2.46. The summed E-state index contributed by atoms with van der Waals surface area (Å²) < 4.78 is 0. The Morgan fingerprint density at radius 1 is 1.17 bits per heavy atom. The van der Waals surface area contributed by atoms with Gasteiger partial charge in [-0.3, -0.25) is 0 Å². The maximum absolute atomic E-state index is 6.06. The van der Waals surface area contributed by atoms with Crippen LogP contribution in [0.2, 0.25) is 0 Å². The van der Waals surface area contributed by atoms with Crippen LogP contribution in [0, 0.1) is 0 Å². The summed E-state index contributed by atoms with van der Waals surface area (Å²) in [5.74, 6) is 0. The first-order chi connectivity index (χ1) is 5.88. The molecule has 0 atom stereocenters. The third-order valence-corrected chi connectivity index (χ3v) is 2.32. The lowest BCUT2D eigenvalue weighted by atomic mass is 10.1.